The summed E-state index contributed by atoms with van der Waals surface area (Å²) in [7, 11) is 1.68. The van der Waals surface area contributed by atoms with Crippen molar-refractivity contribution in [2.24, 2.45) is 7.05 Å². The van der Waals surface area contributed by atoms with E-state index in [1.54, 1.807) is 7.05 Å². The smallest absolute Gasteiger partial charge is 0.475 e. The minimum absolute atomic E-state index is 0.109. The number of fused-ring (bicyclic) bond motifs is 1. The van der Waals surface area contributed by atoms with Crippen LogP contribution >= 0.6 is 11.6 Å². The first-order valence-corrected chi connectivity index (χ1v) is 8.26. The topological polar surface area (TPSA) is 84.2 Å². The lowest BCUT2D eigenvalue weighted by Crippen LogP contribution is -2.33. The molecule has 1 aromatic carbocycles. The van der Waals surface area contributed by atoms with Crippen LogP contribution in [0.25, 0.3) is 10.9 Å². The van der Waals surface area contributed by atoms with Crippen LogP contribution in [0.15, 0.2) is 16.9 Å². The Bertz CT molecular complexity index is 908. The Morgan fingerprint density at radius 2 is 2.04 bits per heavy atom. The van der Waals surface area contributed by atoms with Gasteiger partial charge in [-0.1, -0.05) is 11.6 Å². The summed E-state index contributed by atoms with van der Waals surface area (Å²) in [6, 6.07) is 2.66. The molecule has 1 saturated heterocycles. The molecule has 0 unspecified atom stereocenters. The molecule has 27 heavy (non-hydrogen) atoms. The third-order valence-corrected chi connectivity index (χ3v) is 4.26. The summed E-state index contributed by atoms with van der Waals surface area (Å²) in [5.41, 5.74) is -0.143. The standard InChI is InChI=1S/C14H15ClFN3O.C2HF3O2/c1-19-13(8-3-2-4-17-7-8)18-12-10(14(19)20)5-9(15)6-11(12)16;3-2(4,5)1(6)7/h5-6,8,17H,2-4,7H2,1H3;(H,6,7)/t8-;/m1./s1. The van der Waals surface area contributed by atoms with Gasteiger partial charge in [-0.15, -0.1) is 0 Å². The van der Waals surface area contributed by atoms with E-state index < -0.39 is 18.0 Å². The highest BCUT2D eigenvalue weighted by Gasteiger charge is 2.38. The van der Waals surface area contributed by atoms with Crippen molar-refractivity contribution in [1.29, 1.82) is 0 Å². The average molecular weight is 410 g/mol. The number of aromatic nitrogens is 2. The zero-order valence-electron chi connectivity index (χ0n) is 14.1. The number of rotatable bonds is 1. The predicted octanol–water partition coefficient (Wildman–Crippen LogP) is 2.83. The molecular weight excluding hydrogens is 394 g/mol. The second-order valence-corrected chi connectivity index (χ2v) is 6.40. The molecule has 2 heterocycles. The summed E-state index contributed by atoms with van der Waals surface area (Å²) in [4.78, 5) is 25.7. The highest BCUT2D eigenvalue weighted by molar-refractivity contribution is 6.31. The zero-order chi connectivity index (χ0) is 20.4. The molecule has 1 aliphatic heterocycles. The first-order chi connectivity index (χ1) is 12.5. The number of nitrogens with zero attached hydrogens (tertiary/aromatic N) is 2. The van der Waals surface area contributed by atoms with Crippen LogP contribution in [0.4, 0.5) is 17.6 Å². The van der Waals surface area contributed by atoms with Crippen molar-refractivity contribution < 1.29 is 27.5 Å². The summed E-state index contributed by atoms with van der Waals surface area (Å²) >= 11 is 5.81. The molecule has 0 amide bonds. The molecule has 1 aromatic heterocycles. The van der Waals surface area contributed by atoms with Gasteiger partial charge in [0.2, 0.25) is 0 Å². The Morgan fingerprint density at radius 1 is 1.41 bits per heavy atom. The van der Waals surface area contributed by atoms with Gasteiger partial charge in [-0.3, -0.25) is 9.36 Å². The van der Waals surface area contributed by atoms with Gasteiger partial charge in [-0.2, -0.15) is 13.2 Å². The summed E-state index contributed by atoms with van der Waals surface area (Å²) in [5, 5.41) is 10.8. The number of halogens is 5. The fourth-order valence-electron chi connectivity index (χ4n) is 2.75. The van der Waals surface area contributed by atoms with Crippen molar-refractivity contribution in [3.63, 3.8) is 0 Å². The molecule has 3 rings (SSSR count). The van der Waals surface area contributed by atoms with Crippen molar-refractivity contribution in [1.82, 2.24) is 14.9 Å². The maximum Gasteiger partial charge on any atom is 0.490 e. The molecule has 1 aliphatic rings. The Kier molecular flexibility index (Phi) is 6.42. The van der Waals surface area contributed by atoms with Crippen LogP contribution in [0.5, 0.6) is 0 Å². The van der Waals surface area contributed by atoms with Crippen LogP contribution in [0, 0.1) is 5.82 Å². The highest BCUT2D eigenvalue weighted by Crippen LogP contribution is 2.24. The molecule has 0 spiro atoms. The number of carboxylic acid groups (broad SMARTS) is 1. The second-order valence-electron chi connectivity index (χ2n) is 5.96. The Labute approximate surface area is 155 Å². The first-order valence-electron chi connectivity index (χ1n) is 7.89. The van der Waals surface area contributed by atoms with Crippen LogP contribution in [0.1, 0.15) is 24.6 Å². The third-order valence-electron chi connectivity index (χ3n) is 4.04. The number of alkyl halides is 3. The van der Waals surface area contributed by atoms with Gasteiger partial charge in [-0.25, -0.2) is 14.2 Å². The van der Waals surface area contributed by atoms with E-state index in [9.17, 15) is 22.4 Å². The zero-order valence-corrected chi connectivity index (χ0v) is 14.9. The van der Waals surface area contributed by atoms with Gasteiger partial charge in [0.05, 0.1) is 5.39 Å². The van der Waals surface area contributed by atoms with Crippen molar-refractivity contribution in [3.8, 4) is 0 Å². The fraction of sp³-hybridized carbons (Fsp3) is 0.438. The van der Waals surface area contributed by atoms with Gasteiger partial charge in [0.1, 0.15) is 11.3 Å². The van der Waals surface area contributed by atoms with E-state index in [-0.39, 0.29) is 27.4 Å². The van der Waals surface area contributed by atoms with Crippen molar-refractivity contribution in [2.45, 2.75) is 24.9 Å². The van der Waals surface area contributed by atoms with Crippen LogP contribution in [0.2, 0.25) is 5.02 Å². The van der Waals surface area contributed by atoms with Crippen molar-refractivity contribution in [2.75, 3.05) is 13.1 Å². The van der Waals surface area contributed by atoms with E-state index >= 15 is 0 Å². The van der Waals surface area contributed by atoms with Gasteiger partial charge in [0.15, 0.2) is 5.82 Å². The number of nitrogens with one attached hydrogen (secondary N) is 1. The second kappa shape index (κ2) is 8.22. The first kappa shape index (κ1) is 21.1. The molecule has 0 bridgehead atoms. The lowest BCUT2D eigenvalue weighted by Gasteiger charge is -2.24. The molecule has 0 saturated carbocycles. The molecule has 0 aliphatic carbocycles. The summed E-state index contributed by atoms with van der Waals surface area (Å²) in [6.07, 6.45) is -3.10. The number of carbonyl (C=O) groups is 1. The van der Waals surface area contributed by atoms with Gasteiger partial charge >= 0.3 is 12.1 Å². The minimum Gasteiger partial charge on any atom is -0.475 e. The molecular formula is C16H16ClF4N3O3. The molecule has 1 atom stereocenters. The lowest BCUT2D eigenvalue weighted by molar-refractivity contribution is -0.192. The van der Waals surface area contributed by atoms with E-state index in [0.29, 0.717) is 5.82 Å². The van der Waals surface area contributed by atoms with E-state index in [1.807, 2.05) is 0 Å². The molecule has 6 nitrogen and oxygen atoms in total. The summed E-state index contributed by atoms with van der Waals surface area (Å²) in [6.45, 7) is 1.74. The van der Waals surface area contributed by atoms with Crippen LogP contribution < -0.4 is 10.9 Å². The van der Waals surface area contributed by atoms with E-state index in [0.717, 1.165) is 25.9 Å². The Morgan fingerprint density at radius 3 is 2.56 bits per heavy atom. The van der Waals surface area contributed by atoms with Crippen LogP contribution in [0.3, 0.4) is 0 Å². The number of piperidine rings is 1. The maximum atomic E-state index is 14.0. The molecule has 2 N–H and O–H groups in total. The number of benzene rings is 1. The molecule has 2 aromatic rings. The van der Waals surface area contributed by atoms with Gasteiger partial charge in [0, 0.05) is 24.5 Å². The van der Waals surface area contributed by atoms with Crippen molar-refractivity contribution in [3.05, 3.63) is 39.2 Å². The minimum atomic E-state index is -5.08. The largest absolute Gasteiger partial charge is 0.490 e. The SMILES string of the molecule is Cn1c([C@@H]2CCCNC2)nc2c(F)cc(Cl)cc2c1=O.O=C(O)C(F)(F)F. The number of aliphatic carboxylic acids is 1. The van der Waals surface area contributed by atoms with Gasteiger partial charge < -0.3 is 10.4 Å². The maximum absolute atomic E-state index is 14.0. The fourth-order valence-corrected chi connectivity index (χ4v) is 2.96. The average Bonchev–Trinajstić information content (AvgIpc) is 2.59. The van der Waals surface area contributed by atoms with E-state index in [4.69, 9.17) is 21.5 Å². The van der Waals surface area contributed by atoms with Gasteiger partial charge in [-0.05, 0) is 31.5 Å². The summed E-state index contributed by atoms with van der Waals surface area (Å²) in [5.74, 6) is -2.53. The van der Waals surface area contributed by atoms with Crippen LogP contribution in [-0.4, -0.2) is 39.9 Å². The molecule has 1 fully saturated rings. The Balaban J connectivity index is 0.000000321. The van der Waals surface area contributed by atoms with E-state index in [1.165, 1.54) is 16.7 Å². The molecule has 148 valence electrons. The number of hydrogen-bond donors (Lipinski definition) is 2. The number of hydrogen-bond acceptors (Lipinski definition) is 4. The monoisotopic (exact) mass is 409 g/mol. The number of carboxylic acids is 1. The Hall–Kier alpha value is -2.20. The predicted molar refractivity (Wildman–Crippen MR) is 90.5 cm³/mol. The summed E-state index contributed by atoms with van der Waals surface area (Å²) < 4.78 is 47.2. The van der Waals surface area contributed by atoms with Gasteiger partial charge in [0.25, 0.3) is 5.56 Å². The highest BCUT2D eigenvalue weighted by atomic mass is 35.5. The van der Waals surface area contributed by atoms with E-state index in [2.05, 4.69) is 10.3 Å². The quantitative estimate of drug-likeness (QED) is 0.708. The van der Waals surface area contributed by atoms with Crippen LogP contribution in [-0.2, 0) is 11.8 Å². The van der Waals surface area contributed by atoms with Crippen molar-refractivity contribution >= 4 is 28.5 Å². The lowest BCUT2D eigenvalue weighted by atomic mass is 9.98. The normalized spacial score (nSPS) is 17.3. The third kappa shape index (κ3) is 4.95. The molecule has 0 radical (unpaired) electrons. The molecule has 11 heteroatoms.